The highest BCUT2D eigenvalue weighted by atomic mass is 16.6. The largest absolute Gasteiger partial charge is 0.478 e. The number of unbranched alkanes of at least 4 members (excludes halogenated alkanes) is 2. The predicted molar refractivity (Wildman–Crippen MR) is 105 cm³/mol. The van der Waals surface area contributed by atoms with E-state index in [1.807, 2.05) is 6.92 Å². The van der Waals surface area contributed by atoms with Crippen molar-refractivity contribution in [1.82, 2.24) is 5.32 Å². The van der Waals surface area contributed by atoms with E-state index in [1.165, 1.54) is 6.92 Å². The Labute approximate surface area is 173 Å². The van der Waals surface area contributed by atoms with Gasteiger partial charge in [0.1, 0.15) is 24.9 Å². The highest BCUT2D eigenvalue weighted by Crippen LogP contribution is 2.25. The molecule has 0 aromatic heterocycles. The molecule has 5 atom stereocenters. The standard InChI is InChI=1S/C18H30N4O8/c1-3-4-5-6-13(25)29-8-11(24)15(26)16-14(21-9(2)23)10(22-18(19)20)7-12(30-16)17(27)28/h7,10-11,14-16,24,26H,3-6,8H2,1-2H3,(H,21,23)(H,27,28)(H4,19,20,22)/t10-,11+,14?,15?,16?/m0/s1. The van der Waals surface area contributed by atoms with E-state index in [-0.39, 0.29) is 12.4 Å². The third kappa shape index (κ3) is 7.87. The van der Waals surface area contributed by atoms with E-state index >= 15 is 0 Å². The van der Waals surface area contributed by atoms with Crippen LogP contribution in [0.3, 0.4) is 0 Å². The molecule has 8 N–H and O–H groups in total. The molecule has 0 saturated carbocycles. The number of aliphatic hydroxyl groups is 2. The van der Waals surface area contributed by atoms with Crippen molar-refractivity contribution in [3.8, 4) is 0 Å². The Hall–Kier alpha value is -2.86. The highest BCUT2D eigenvalue weighted by Gasteiger charge is 2.44. The van der Waals surface area contributed by atoms with Crippen LogP contribution in [0.25, 0.3) is 0 Å². The Kier molecular flexibility index (Phi) is 10.1. The third-order valence-corrected chi connectivity index (χ3v) is 4.32. The quantitative estimate of drug-likeness (QED) is 0.0952. The molecule has 30 heavy (non-hydrogen) atoms. The Bertz CT molecular complexity index is 677. The lowest BCUT2D eigenvalue weighted by atomic mass is 9.92. The van der Waals surface area contributed by atoms with Crippen LogP contribution in [0.2, 0.25) is 0 Å². The van der Waals surface area contributed by atoms with Gasteiger partial charge in [0, 0.05) is 13.3 Å². The van der Waals surface area contributed by atoms with Crippen molar-refractivity contribution >= 4 is 23.8 Å². The predicted octanol–water partition coefficient (Wildman–Crippen LogP) is -1.65. The third-order valence-electron chi connectivity index (χ3n) is 4.32. The van der Waals surface area contributed by atoms with Gasteiger partial charge in [-0.05, 0) is 12.5 Å². The number of carbonyl (C=O) groups is 3. The van der Waals surface area contributed by atoms with Crippen molar-refractivity contribution in [1.29, 1.82) is 0 Å². The Morgan fingerprint density at radius 3 is 2.50 bits per heavy atom. The van der Waals surface area contributed by atoms with Gasteiger partial charge in [-0.1, -0.05) is 19.8 Å². The minimum Gasteiger partial charge on any atom is -0.478 e. The van der Waals surface area contributed by atoms with E-state index in [4.69, 9.17) is 20.9 Å². The van der Waals surface area contributed by atoms with Gasteiger partial charge < -0.3 is 41.6 Å². The number of esters is 1. The number of rotatable bonds is 11. The van der Waals surface area contributed by atoms with Gasteiger partial charge in [-0.2, -0.15) is 0 Å². The van der Waals surface area contributed by atoms with Gasteiger partial charge in [0.05, 0.1) is 12.1 Å². The fourth-order valence-electron chi connectivity index (χ4n) is 2.90. The van der Waals surface area contributed by atoms with Crippen LogP contribution in [0.15, 0.2) is 16.8 Å². The topological polar surface area (TPSA) is 207 Å². The van der Waals surface area contributed by atoms with Gasteiger partial charge in [-0.15, -0.1) is 0 Å². The molecule has 12 heteroatoms. The number of nitrogens with two attached hydrogens (primary N) is 2. The fraction of sp³-hybridized carbons (Fsp3) is 0.667. The number of aliphatic imine (C=N–C) groups is 1. The highest BCUT2D eigenvalue weighted by molar-refractivity contribution is 5.85. The lowest BCUT2D eigenvalue weighted by Crippen LogP contribution is -2.60. The van der Waals surface area contributed by atoms with Crippen LogP contribution in [0.4, 0.5) is 0 Å². The molecule has 0 saturated heterocycles. The van der Waals surface area contributed by atoms with E-state index < -0.39 is 60.6 Å². The summed E-state index contributed by atoms with van der Waals surface area (Å²) in [5.74, 6) is -3.48. The van der Waals surface area contributed by atoms with E-state index in [2.05, 4.69) is 10.3 Å². The summed E-state index contributed by atoms with van der Waals surface area (Å²) in [4.78, 5) is 38.6. The second kappa shape index (κ2) is 12.0. The second-order valence-electron chi connectivity index (χ2n) is 6.89. The van der Waals surface area contributed by atoms with Gasteiger partial charge in [-0.3, -0.25) is 9.59 Å². The number of aliphatic carboxylic acids is 1. The number of nitrogens with one attached hydrogen (secondary N) is 1. The van der Waals surface area contributed by atoms with Crippen LogP contribution >= 0.6 is 0 Å². The van der Waals surface area contributed by atoms with Crippen molar-refractivity contribution in [2.24, 2.45) is 16.5 Å². The molecule has 3 unspecified atom stereocenters. The van der Waals surface area contributed by atoms with Crippen LogP contribution in [0, 0.1) is 0 Å². The molecule has 12 nitrogen and oxygen atoms in total. The monoisotopic (exact) mass is 430 g/mol. The van der Waals surface area contributed by atoms with Crippen molar-refractivity contribution in [3.05, 3.63) is 11.8 Å². The van der Waals surface area contributed by atoms with Crippen LogP contribution in [0.5, 0.6) is 0 Å². The molecule has 0 aromatic carbocycles. The number of aliphatic hydroxyl groups excluding tert-OH is 2. The molecular formula is C18H30N4O8. The van der Waals surface area contributed by atoms with Crippen LogP contribution in [-0.4, -0.2) is 76.1 Å². The van der Waals surface area contributed by atoms with E-state index in [1.54, 1.807) is 0 Å². The molecule has 0 bridgehead atoms. The van der Waals surface area contributed by atoms with Gasteiger partial charge in [-0.25, -0.2) is 9.79 Å². The maximum atomic E-state index is 11.7. The summed E-state index contributed by atoms with van der Waals surface area (Å²) < 4.78 is 10.2. The molecule has 1 aliphatic heterocycles. The molecule has 1 amide bonds. The van der Waals surface area contributed by atoms with Crippen molar-refractivity contribution < 1.29 is 39.2 Å². The summed E-state index contributed by atoms with van der Waals surface area (Å²) >= 11 is 0. The van der Waals surface area contributed by atoms with Crippen LogP contribution in [-0.2, 0) is 23.9 Å². The van der Waals surface area contributed by atoms with E-state index in [9.17, 15) is 29.7 Å². The zero-order valence-electron chi connectivity index (χ0n) is 17.0. The van der Waals surface area contributed by atoms with Crippen LogP contribution < -0.4 is 16.8 Å². The maximum absolute atomic E-state index is 11.7. The first-order valence-electron chi connectivity index (χ1n) is 9.56. The van der Waals surface area contributed by atoms with Gasteiger partial charge in [0.15, 0.2) is 5.96 Å². The summed E-state index contributed by atoms with van der Waals surface area (Å²) in [5, 5.41) is 32.6. The Morgan fingerprint density at radius 2 is 1.97 bits per heavy atom. The average Bonchev–Trinajstić information content (AvgIpc) is 2.65. The number of guanidine groups is 1. The first-order chi connectivity index (χ1) is 14.1. The molecule has 0 fully saturated rings. The normalized spacial score (nSPS) is 22.7. The zero-order chi connectivity index (χ0) is 22.8. The van der Waals surface area contributed by atoms with Gasteiger partial charge in [0.25, 0.3) is 0 Å². The van der Waals surface area contributed by atoms with Crippen LogP contribution in [0.1, 0.15) is 39.5 Å². The van der Waals surface area contributed by atoms with E-state index in [0.717, 1.165) is 18.9 Å². The second-order valence-corrected chi connectivity index (χ2v) is 6.89. The number of ether oxygens (including phenoxy) is 2. The lowest BCUT2D eigenvalue weighted by Gasteiger charge is -2.38. The summed E-state index contributed by atoms with van der Waals surface area (Å²) in [5.41, 5.74) is 10.8. The average molecular weight is 430 g/mol. The summed E-state index contributed by atoms with van der Waals surface area (Å²) in [6.45, 7) is 2.63. The van der Waals surface area contributed by atoms with Crippen molar-refractivity contribution in [2.75, 3.05) is 6.61 Å². The Balaban J connectivity index is 2.98. The summed E-state index contributed by atoms with van der Waals surface area (Å²) in [7, 11) is 0. The number of nitrogens with zero attached hydrogens (tertiary/aromatic N) is 1. The van der Waals surface area contributed by atoms with Crippen molar-refractivity contribution in [2.45, 2.75) is 69.9 Å². The van der Waals surface area contributed by atoms with Gasteiger partial charge >= 0.3 is 11.9 Å². The number of carboxylic acid groups (broad SMARTS) is 1. The molecule has 1 rings (SSSR count). The SMILES string of the molecule is CCCCCC(=O)OC[C@@H](O)C(O)C1OC(C(=O)O)=C[C@H](N=C(N)N)C1NC(C)=O. The minimum absolute atomic E-state index is 0.170. The summed E-state index contributed by atoms with van der Waals surface area (Å²) in [6.07, 6.45) is -1.13. The maximum Gasteiger partial charge on any atom is 0.370 e. The minimum atomic E-state index is -1.73. The Morgan fingerprint density at radius 1 is 1.30 bits per heavy atom. The number of amides is 1. The zero-order valence-corrected chi connectivity index (χ0v) is 17.0. The molecule has 1 heterocycles. The molecule has 0 aliphatic carbocycles. The number of hydrogen-bond acceptors (Lipinski definition) is 8. The first kappa shape index (κ1) is 25.2. The molecule has 0 aromatic rings. The smallest absolute Gasteiger partial charge is 0.370 e. The lowest BCUT2D eigenvalue weighted by molar-refractivity contribution is -0.156. The van der Waals surface area contributed by atoms with E-state index in [0.29, 0.717) is 6.42 Å². The summed E-state index contributed by atoms with van der Waals surface area (Å²) in [6, 6.07) is -2.18. The first-order valence-corrected chi connectivity index (χ1v) is 9.56. The molecule has 1 aliphatic rings. The van der Waals surface area contributed by atoms with Crippen molar-refractivity contribution in [3.63, 3.8) is 0 Å². The van der Waals surface area contributed by atoms with Gasteiger partial charge in [0.2, 0.25) is 11.7 Å². The number of hydrogen-bond donors (Lipinski definition) is 6. The molecule has 170 valence electrons. The number of carbonyl (C=O) groups excluding carboxylic acids is 2. The number of carboxylic acids is 1. The fourth-order valence-corrected chi connectivity index (χ4v) is 2.90. The molecular weight excluding hydrogens is 400 g/mol. The molecule has 0 radical (unpaired) electrons. The molecule has 0 spiro atoms.